The molecule has 5 nitrogen and oxygen atoms in total. The molecule has 0 aliphatic carbocycles. The van der Waals surface area contributed by atoms with E-state index in [2.05, 4.69) is 21.8 Å². The van der Waals surface area contributed by atoms with E-state index in [0.717, 1.165) is 18.1 Å². The van der Waals surface area contributed by atoms with Crippen LogP contribution in [0, 0.1) is 0 Å². The summed E-state index contributed by atoms with van der Waals surface area (Å²) < 4.78 is 2.05. The van der Waals surface area contributed by atoms with Crippen LogP contribution in [0.5, 0.6) is 0 Å². The summed E-state index contributed by atoms with van der Waals surface area (Å²) in [7, 11) is 0. The normalized spacial score (nSPS) is 10.3. The third-order valence-electron chi connectivity index (χ3n) is 2.72. The number of carbonyl (C=O) groups is 1. The van der Waals surface area contributed by atoms with E-state index in [1.165, 1.54) is 0 Å². The van der Waals surface area contributed by atoms with Crippen LogP contribution in [-0.4, -0.2) is 20.6 Å². The largest absolute Gasteiger partial charge is 0.478 e. The van der Waals surface area contributed by atoms with Crippen LogP contribution in [0.1, 0.15) is 23.1 Å². The van der Waals surface area contributed by atoms with Gasteiger partial charge in [-0.15, -0.1) is 0 Å². The molecule has 0 unspecified atom stereocenters. The van der Waals surface area contributed by atoms with Crippen LogP contribution in [0.15, 0.2) is 36.7 Å². The quantitative estimate of drug-likeness (QED) is 0.847. The molecule has 18 heavy (non-hydrogen) atoms. The van der Waals surface area contributed by atoms with Crippen molar-refractivity contribution in [3.63, 3.8) is 0 Å². The van der Waals surface area contributed by atoms with Crippen molar-refractivity contribution in [1.82, 2.24) is 9.55 Å². The predicted octanol–water partition coefficient (Wildman–Crippen LogP) is 2.21. The third kappa shape index (κ3) is 2.68. The number of aryl methyl sites for hydroxylation is 1. The molecule has 1 aromatic carbocycles. The van der Waals surface area contributed by atoms with E-state index in [0.29, 0.717) is 6.54 Å². The molecule has 0 saturated carbocycles. The number of aromatic nitrogens is 2. The number of aromatic carboxylic acids is 1. The molecular weight excluding hydrogens is 230 g/mol. The highest BCUT2D eigenvalue weighted by atomic mass is 16.4. The van der Waals surface area contributed by atoms with Gasteiger partial charge in [-0.25, -0.2) is 9.78 Å². The van der Waals surface area contributed by atoms with Crippen LogP contribution in [0.3, 0.4) is 0 Å². The summed E-state index contributed by atoms with van der Waals surface area (Å²) in [5.74, 6) is 0.0443. The van der Waals surface area contributed by atoms with Crippen molar-refractivity contribution < 1.29 is 9.90 Å². The smallest absolute Gasteiger partial charge is 0.335 e. The maximum atomic E-state index is 10.7. The average Bonchev–Trinajstić information content (AvgIpc) is 2.84. The molecule has 0 spiro atoms. The molecule has 0 radical (unpaired) electrons. The molecular formula is C13H15N3O2. The van der Waals surface area contributed by atoms with Crippen LogP contribution in [0.2, 0.25) is 0 Å². The monoisotopic (exact) mass is 245 g/mol. The molecule has 5 heteroatoms. The molecule has 1 heterocycles. The Morgan fingerprint density at radius 3 is 2.72 bits per heavy atom. The summed E-state index contributed by atoms with van der Waals surface area (Å²) >= 11 is 0. The summed E-state index contributed by atoms with van der Waals surface area (Å²) in [6.45, 7) is 3.56. The minimum absolute atomic E-state index is 0.288. The Labute approximate surface area is 105 Å². The summed E-state index contributed by atoms with van der Waals surface area (Å²) in [5, 5.41) is 12.0. The van der Waals surface area contributed by atoms with E-state index in [9.17, 15) is 4.79 Å². The number of hydrogen-bond donors (Lipinski definition) is 2. The number of carboxylic acid groups (broad SMARTS) is 1. The lowest BCUT2D eigenvalue weighted by Crippen LogP contribution is -2.07. The van der Waals surface area contributed by atoms with Gasteiger partial charge in [-0.3, -0.25) is 0 Å². The summed E-state index contributed by atoms with van der Waals surface area (Å²) in [4.78, 5) is 15.0. The maximum absolute atomic E-state index is 10.7. The van der Waals surface area contributed by atoms with Crippen molar-refractivity contribution in [3.05, 3.63) is 48.0 Å². The average molecular weight is 245 g/mol. The highest BCUT2D eigenvalue weighted by Crippen LogP contribution is 2.11. The van der Waals surface area contributed by atoms with E-state index < -0.39 is 5.97 Å². The number of imidazole rings is 1. The van der Waals surface area contributed by atoms with Crippen molar-refractivity contribution in [2.45, 2.75) is 20.0 Å². The molecule has 0 fully saturated rings. The molecule has 0 amide bonds. The van der Waals surface area contributed by atoms with Gasteiger partial charge in [0.25, 0.3) is 0 Å². The molecule has 2 aromatic rings. The van der Waals surface area contributed by atoms with Gasteiger partial charge in [0, 0.05) is 24.6 Å². The summed E-state index contributed by atoms with van der Waals surface area (Å²) in [5.41, 5.74) is 1.17. The summed E-state index contributed by atoms with van der Waals surface area (Å²) in [6, 6.07) is 6.67. The van der Waals surface area contributed by atoms with Gasteiger partial charge in [0.2, 0.25) is 0 Å². The van der Waals surface area contributed by atoms with Crippen LogP contribution in [-0.2, 0) is 13.1 Å². The molecule has 0 aliphatic heterocycles. The molecule has 2 N–H and O–H groups in total. The highest BCUT2D eigenvalue weighted by molar-refractivity contribution is 5.87. The minimum Gasteiger partial charge on any atom is -0.478 e. The first kappa shape index (κ1) is 12.2. The summed E-state index contributed by atoms with van der Waals surface area (Å²) in [6.07, 6.45) is 3.71. The third-order valence-corrected chi connectivity index (χ3v) is 2.72. The first-order chi connectivity index (χ1) is 8.70. The minimum atomic E-state index is -0.914. The van der Waals surface area contributed by atoms with Gasteiger partial charge in [-0.2, -0.15) is 0 Å². The van der Waals surface area contributed by atoms with Crippen LogP contribution in [0.25, 0.3) is 0 Å². The van der Waals surface area contributed by atoms with Crippen molar-refractivity contribution in [2.24, 2.45) is 0 Å². The fraction of sp³-hybridized carbons (Fsp3) is 0.231. The lowest BCUT2D eigenvalue weighted by molar-refractivity contribution is 0.0697. The Morgan fingerprint density at radius 1 is 1.39 bits per heavy atom. The van der Waals surface area contributed by atoms with Gasteiger partial charge < -0.3 is 15.0 Å². The van der Waals surface area contributed by atoms with Gasteiger partial charge in [0.1, 0.15) is 5.82 Å². The predicted molar refractivity (Wildman–Crippen MR) is 68.6 cm³/mol. The zero-order valence-electron chi connectivity index (χ0n) is 10.1. The first-order valence-electron chi connectivity index (χ1n) is 5.78. The number of carboxylic acids is 1. The lowest BCUT2D eigenvalue weighted by atomic mass is 10.2. The van der Waals surface area contributed by atoms with Gasteiger partial charge in [0.15, 0.2) is 0 Å². The molecule has 1 aromatic heterocycles. The Hall–Kier alpha value is -2.30. The molecule has 0 atom stereocenters. The highest BCUT2D eigenvalue weighted by Gasteiger charge is 2.03. The van der Waals surface area contributed by atoms with Crippen LogP contribution in [0.4, 0.5) is 5.69 Å². The van der Waals surface area contributed by atoms with Gasteiger partial charge >= 0.3 is 5.97 Å². The van der Waals surface area contributed by atoms with Gasteiger partial charge in [0.05, 0.1) is 12.1 Å². The Kier molecular flexibility index (Phi) is 3.62. The van der Waals surface area contributed by atoms with E-state index >= 15 is 0 Å². The van der Waals surface area contributed by atoms with Crippen molar-refractivity contribution >= 4 is 11.7 Å². The number of nitrogens with zero attached hydrogens (tertiary/aromatic N) is 2. The number of anilines is 1. The molecule has 2 rings (SSSR count). The Morgan fingerprint density at radius 2 is 2.11 bits per heavy atom. The first-order valence-corrected chi connectivity index (χ1v) is 5.78. The number of rotatable bonds is 5. The fourth-order valence-electron chi connectivity index (χ4n) is 1.71. The second-order valence-electron chi connectivity index (χ2n) is 3.87. The standard InChI is InChI=1S/C13H15N3O2/c1-2-16-8-7-14-12(16)9-15-11-5-3-10(4-6-11)13(17)18/h3-8,15H,2,9H2,1H3,(H,17,18). The molecule has 0 saturated heterocycles. The van der Waals surface area contributed by atoms with E-state index in [4.69, 9.17) is 5.11 Å². The van der Waals surface area contributed by atoms with Crippen LogP contribution >= 0.6 is 0 Å². The number of nitrogens with one attached hydrogen (secondary N) is 1. The fourth-order valence-corrected chi connectivity index (χ4v) is 1.71. The second kappa shape index (κ2) is 5.35. The number of benzene rings is 1. The zero-order valence-corrected chi connectivity index (χ0v) is 10.1. The zero-order chi connectivity index (χ0) is 13.0. The topological polar surface area (TPSA) is 67.2 Å². The van der Waals surface area contributed by atoms with E-state index in [1.807, 2.05) is 6.20 Å². The van der Waals surface area contributed by atoms with Crippen molar-refractivity contribution in [1.29, 1.82) is 0 Å². The van der Waals surface area contributed by atoms with Gasteiger partial charge in [-0.1, -0.05) is 0 Å². The second-order valence-corrected chi connectivity index (χ2v) is 3.87. The molecule has 0 bridgehead atoms. The van der Waals surface area contributed by atoms with Crippen molar-refractivity contribution in [3.8, 4) is 0 Å². The lowest BCUT2D eigenvalue weighted by Gasteiger charge is -2.08. The van der Waals surface area contributed by atoms with E-state index in [-0.39, 0.29) is 5.56 Å². The Bertz CT molecular complexity index is 531. The SMILES string of the molecule is CCn1ccnc1CNc1ccc(C(=O)O)cc1. The van der Waals surface area contributed by atoms with Crippen LogP contribution < -0.4 is 5.32 Å². The molecule has 94 valence electrons. The maximum Gasteiger partial charge on any atom is 0.335 e. The Balaban J connectivity index is 2.00. The molecule has 0 aliphatic rings. The van der Waals surface area contributed by atoms with Crippen molar-refractivity contribution in [2.75, 3.05) is 5.32 Å². The van der Waals surface area contributed by atoms with E-state index in [1.54, 1.807) is 30.5 Å². The van der Waals surface area contributed by atoms with Gasteiger partial charge in [-0.05, 0) is 31.2 Å². The number of hydrogen-bond acceptors (Lipinski definition) is 3.